The fourth-order valence-electron chi connectivity index (χ4n) is 2.08. The average Bonchev–Trinajstić information content (AvgIpc) is 3.16. The summed E-state index contributed by atoms with van der Waals surface area (Å²) in [6.07, 6.45) is 6.53. The molecule has 0 unspecified atom stereocenters. The summed E-state index contributed by atoms with van der Waals surface area (Å²) in [7, 11) is 3.26. The van der Waals surface area contributed by atoms with Gasteiger partial charge in [-0.15, -0.1) is 5.10 Å². The van der Waals surface area contributed by atoms with Crippen LogP contribution in [0.4, 0.5) is 5.82 Å². The maximum atomic E-state index is 12.0. The van der Waals surface area contributed by atoms with Gasteiger partial charge in [0.2, 0.25) is 5.91 Å². The van der Waals surface area contributed by atoms with Crippen molar-refractivity contribution in [2.45, 2.75) is 6.54 Å². The van der Waals surface area contributed by atoms with E-state index in [2.05, 4.69) is 25.6 Å². The van der Waals surface area contributed by atoms with Crippen molar-refractivity contribution in [1.82, 2.24) is 29.8 Å². The molecule has 9 heteroatoms. The number of carbonyl (C=O) groups is 1. The summed E-state index contributed by atoms with van der Waals surface area (Å²) in [5, 5.41) is 14.7. The summed E-state index contributed by atoms with van der Waals surface area (Å²) in [5.41, 5.74) is 1.45. The van der Waals surface area contributed by atoms with Gasteiger partial charge in [-0.3, -0.25) is 14.5 Å². The minimum absolute atomic E-state index is 0.0612. The summed E-state index contributed by atoms with van der Waals surface area (Å²) in [6, 6.07) is 3.61. The molecular formula is C14H15N7O2. The van der Waals surface area contributed by atoms with Crippen LogP contribution >= 0.6 is 0 Å². The van der Waals surface area contributed by atoms with Gasteiger partial charge in [0.1, 0.15) is 18.0 Å². The van der Waals surface area contributed by atoms with E-state index in [4.69, 9.17) is 4.74 Å². The molecule has 0 bridgehead atoms. The highest BCUT2D eigenvalue weighted by atomic mass is 16.5. The predicted molar refractivity (Wildman–Crippen MR) is 81.6 cm³/mol. The van der Waals surface area contributed by atoms with E-state index in [1.165, 1.54) is 15.7 Å². The zero-order valence-corrected chi connectivity index (χ0v) is 12.7. The van der Waals surface area contributed by atoms with Gasteiger partial charge in [0, 0.05) is 25.0 Å². The second-order valence-electron chi connectivity index (χ2n) is 4.75. The highest BCUT2D eigenvalue weighted by Gasteiger charge is 2.11. The Morgan fingerprint density at radius 3 is 2.96 bits per heavy atom. The number of carbonyl (C=O) groups excluding carboxylic acids is 1. The number of amides is 1. The molecule has 3 aromatic rings. The number of nitrogens with one attached hydrogen (secondary N) is 1. The molecule has 1 N–H and O–H groups in total. The van der Waals surface area contributed by atoms with Crippen molar-refractivity contribution in [2.24, 2.45) is 7.05 Å². The highest BCUT2D eigenvalue weighted by Crippen LogP contribution is 2.26. The van der Waals surface area contributed by atoms with Crippen LogP contribution in [-0.2, 0) is 18.4 Å². The van der Waals surface area contributed by atoms with Crippen molar-refractivity contribution in [3.63, 3.8) is 0 Å². The van der Waals surface area contributed by atoms with Crippen LogP contribution in [0, 0.1) is 0 Å². The topological polar surface area (TPSA) is 99.8 Å². The van der Waals surface area contributed by atoms with Gasteiger partial charge in [0.25, 0.3) is 0 Å². The molecule has 0 fully saturated rings. The van der Waals surface area contributed by atoms with Gasteiger partial charge in [0.05, 0.1) is 19.5 Å². The molecule has 0 spiro atoms. The number of hydrogen-bond donors (Lipinski definition) is 1. The number of nitrogens with zero attached hydrogens (tertiary/aromatic N) is 6. The fourth-order valence-corrected chi connectivity index (χ4v) is 2.08. The summed E-state index contributed by atoms with van der Waals surface area (Å²) in [5.74, 6) is 0.806. The lowest BCUT2D eigenvalue weighted by atomic mass is 10.2. The van der Waals surface area contributed by atoms with Crippen molar-refractivity contribution >= 4 is 11.7 Å². The van der Waals surface area contributed by atoms with E-state index in [0.717, 1.165) is 5.56 Å². The molecule has 1 amide bonds. The van der Waals surface area contributed by atoms with Crippen LogP contribution in [0.1, 0.15) is 0 Å². The molecule has 9 nitrogen and oxygen atoms in total. The first kappa shape index (κ1) is 14.7. The number of aromatic nitrogens is 6. The normalized spacial score (nSPS) is 10.5. The number of aryl methyl sites for hydroxylation is 1. The number of hydrogen-bond acceptors (Lipinski definition) is 6. The molecule has 0 atom stereocenters. The lowest BCUT2D eigenvalue weighted by Crippen LogP contribution is -2.19. The van der Waals surface area contributed by atoms with E-state index in [1.54, 1.807) is 38.8 Å². The van der Waals surface area contributed by atoms with Gasteiger partial charge in [0.15, 0.2) is 5.82 Å². The Hall–Kier alpha value is -3.23. The lowest BCUT2D eigenvalue weighted by Gasteiger charge is -2.04. The maximum absolute atomic E-state index is 12.0. The second kappa shape index (κ2) is 6.26. The number of ether oxygens (including phenoxy) is 1. The van der Waals surface area contributed by atoms with Crippen molar-refractivity contribution in [3.05, 3.63) is 36.9 Å². The molecular weight excluding hydrogens is 298 g/mol. The van der Waals surface area contributed by atoms with Gasteiger partial charge in [-0.25, -0.2) is 0 Å². The van der Waals surface area contributed by atoms with Crippen molar-refractivity contribution < 1.29 is 9.53 Å². The van der Waals surface area contributed by atoms with Crippen molar-refractivity contribution in [2.75, 3.05) is 12.4 Å². The minimum atomic E-state index is -0.242. The first-order valence-corrected chi connectivity index (χ1v) is 6.83. The predicted octanol–water partition coefficient (Wildman–Crippen LogP) is 0.721. The van der Waals surface area contributed by atoms with Crippen molar-refractivity contribution in [3.8, 4) is 17.0 Å². The number of pyridine rings is 1. The third-order valence-electron chi connectivity index (χ3n) is 3.07. The van der Waals surface area contributed by atoms with Crippen LogP contribution < -0.4 is 10.1 Å². The smallest absolute Gasteiger partial charge is 0.247 e. The highest BCUT2D eigenvalue weighted by molar-refractivity contribution is 5.89. The SMILES string of the molecule is COc1cccnc1-c1cnn(CC(=O)Nc2cnn(C)n2)c1. The monoisotopic (exact) mass is 313 g/mol. The zero-order valence-electron chi connectivity index (χ0n) is 12.7. The Kier molecular flexibility index (Phi) is 4.00. The number of methoxy groups -OCH3 is 1. The number of rotatable bonds is 5. The van der Waals surface area contributed by atoms with Gasteiger partial charge in [-0.2, -0.15) is 15.0 Å². The second-order valence-corrected chi connectivity index (χ2v) is 4.75. The van der Waals surface area contributed by atoms with Crippen LogP contribution in [0.3, 0.4) is 0 Å². The van der Waals surface area contributed by atoms with E-state index in [1.807, 2.05) is 6.07 Å². The molecule has 0 aliphatic rings. The van der Waals surface area contributed by atoms with Gasteiger partial charge in [-0.05, 0) is 12.1 Å². The summed E-state index contributed by atoms with van der Waals surface area (Å²) < 4.78 is 6.80. The standard InChI is InChI=1S/C14H15N7O2/c1-20-16-7-12(19-20)18-13(22)9-21-8-10(6-17-21)14-11(23-2)4-3-5-15-14/h3-8H,9H2,1-2H3,(H,18,19,22). The summed E-state index contributed by atoms with van der Waals surface area (Å²) in [4.78, 5) is 17.6. The van der Waals surface area contributed by atoms with Gasteiger partial charge >= 0.3 is 0 Å². The molecule has 3 rings (SSSR count). The maximum Gasteiger partial charge on any atom is 0.247 e. The van der Waals surface area contributed by atoms with Gasteiger partial charge in [-0.1, -0.05) is 0 Å². The third-order valence-corrected chi connectivity index (χ3v) is 3.07. The van der Waals surface area contributed by atoms with Crippen LogP contribution in [-0.4, -0.2) is 42.8 Å². The molecule has 23 heavy (non-hydrogen) atoms. The molecule has 0 saturated heterocycles. The van der Waals surface area contributed by atoms with Gasteiger partial charge < -0.3 is 10.1 Å². The molecule has 0 saturated carbocycles. The molecule has 3 heterocycles. The Bertz CT molecular complexity index is 824. The quantitative estimate of drug-likeness (QED) is 0.745. The van der Waals surface area contributed by atoms with E-state index in [9.17, 15) is 4.79 Å². The molecule has 0 aliphatic heterocycles. The Balaban J connectivity index is 1.71. The van der Waals surface area contributed by atoms with Crippen LogP contribution in [0.5, 0.6) is 5.75 Å². The summed E-state index contributed by atoms with van der Waals surface area (Å²) in [6.45, 7) is 0.0612. The Morgan fingerprint density at radius 2 is 2.22 bits per heavy atom. The molecule has 0 aliphatic carbocycles. The minimum Gasteiger partial charge on any atom is -0.494 e. The van der Waals surface area contributed by atoms with Crippen molar-refractivity contribution in [1.29, 1.82) is 0 Å². The largest absolute Gasteiger partial charge is 0.494 e. The molecule has 0 aromatic carbocycles. The first-order valence-electron chi connectivity index (χ1n) is 6.83. The first-order chi connectivity index (χ1) is 11.2. The number of anilines is 1. The fraction of sp³-hybridized carbons (Fsp3) is 0.214. The van der Waals surface area contributed by atoms with Crippen LogP contribution in [0.25, 0.3) is 11.3 Å². The third kappa shape index (κ3) is 3.34. The lowest BCUT2D eigenvalue weighted by molar-refractivity contribution is -0.116. The molecule has 118 valence electrons. The summed E-state index contributed by atoms with van der Waals surface area (Å²) >= 11 is 0. The van der Waals surface area contributed by atoms with E-state index >= 15 is 0 Å². The average molecular weight is 313 g/mol. The van der Waals surface area contributed by atoms with Crippen LogP contribution in [0.15, 0.2) is 36.9 Å². The molecule has 3 aromatic heterocycles. The van der Waals surface area contributed by atoms with Crippen LogP contribution in [0.2, 0.25) is 0 Å². The van der Waals surface area contributed by atoms with E-state index in [0.29, 0.717) is 17.3 Å². The Labute approximate surface area is 131 Å². The molecule has 0 radical (unpaired) electrons. The van der Waals surface area contributed by atoms with E-state index in [-0.39, 0.29) is 12.5 Å². The van der Waals surface area contributed by atoms with E-state index < -0.39 is 0 Å². The zero-order chi connectivity index (χ0) is 16.2. The Morgan fingerprint density at radius 1 is 1.35 bits per heavy atom.